The van der Waals surface area contributed by atoms with Crippen molar-refractivity contribution in [1.29, 1.82) is 0 Å². The summed E-state index contributed by atoms with van der Waals surface area (Å²) in [6.07, 6.45) is 7.61. The van der Waals surface area contributed by atoms with Gasteiger partial charge in [0.05, 0.1) is 5.25 Å². The van der Waals surface area contributed by atoms with Crippen LogP contribution in [0.3, 0.4) is 0 Å². The van der Waals surface area contributed by atoms with Gasteiger partial charge in [0.15, 0.2) is 5.16 Å². The van der Waals surface area contributed by atoms with Crippen molar-refractivity contribution in [2.45, 2.75) is 55.5 Å². The van der Waals surface area contributed by atoms with Crippen molar-refractivity contribution < 1.29 is 4.79 Å². The van der Waals surface area contributed by atoms with Gasteiger partial charge < -0.3 is 5.32 Å². The Hall–Kier alpha value is -1.82. The topological polar surface area (TPSA) is 59.8 Å². The van der Waals surface area contributed by atoms with Crippen LogP contribution >= 0.6 is 11.8 Å². The van der Waals surface area contributed by atoms with Crippen molar-refractivity contribution in [3.63, 3.8) is 0 Å². The minimum absolute atomic E-state index is 0.0875. The first-order chi connectivity index (χ1) is 11.2. The Balaban J connectivity index is 1.63. The number of nitrogens with one attached hydrogen (secondary N) is 1. The summed E-state index contributed by atoms with van der Waals surface area (Å²) in [5.41, 5.74) is 1.000. The molecule has 0 aliphatic heterocycles. The quantitative estimate of drug-likeness (QED) is 0.855. The van der Waals surface area contributed by atoms with Crippen LogP contribution in [0.15, 0.2) is 41.8 Å². The number of carbonyl (C=O) groups is 1. The highest BCUT2D eigenvalue weighted by Crippen LogP contribution is 2.24. The zero-order valence-electron chi connectivity index (χ0n) is 13.3. The molecule has 1 aromatic carbocycles. The van der Waals surface area contributed by atoms with Gasteiger partial charge in [0.1, 0.15) is 6.33 Å². The van der Waals surface area contributed by atoms with Gasteiger partial charge >= 0.3 is 0 Å². The lowest BCUT2D eigenvalue weighted by atomic mass is 9.95. The molecule has 5 nitrogen and oxygen atoms in total. The van der Waals surface area contributed by atoms with E-state index in [1.54, 1.807) is 6.33 Å². The first-order valence-electron chi connectivity index (χ1n) is 8.16. The van der Waals surface area contributed by atoms with Crippen molar-refractivity contribution in [2.24, 2.45) is 0 Å². The van der Waals surface area contributed by atoms with E-state index in [0.29, 0.717) is 6.04 Å². The monoisotopic (exact) mass is 330 g/mol. The molecule has 1 amide bonds. The summed E-state index contributed by atoms with van der Waals surface area (Å²) in [7, 11) is 0. The summed E-state index contributed by atoms with van der Waals surface area (Å²) in [5.74, 6) is 0.0875. The third kappa shape index (κ3) is 4.13. The molecule has 122 valence electrons. The van der Waals surface area contributed by atoms with Crippen LogP contribution in [-0.4, -0.2) is 32.0 Å². The number of hydrogen-bond donors (Lipinski definition) is 1. The van der Waals surface area contributed by atoms with E-state index >= 15 is 0 Å². The molecule has 0 saturated heterocycles. The summed E-state index contributed by atoms with van der Waals surface area (Å²) in [6, 6.07) is 10.3. The maximum atomic E-state index is 12.4. The van der Waals surface area contributed by atoms with E-state index in [0.717, 1.165) is 23.7 Å². The number of nitrogens with zero attached hydrogens (tertiary/aromatic N) is 3. The fraction of sp³-hybridized carbons (Fsp3) is 0.471. The Labute approximate surface area is 140 Å². The molecule has 1 fully saturated rings. The van der Waals surface area contributed by atoms with Gasteiger partial charge in [-0.1, -0.05) is 49.2 Å². The van der Waals surface area contributed by atoms with E-state index in [-0.39, 0.29) is 11.2 Å². The van der Waals surface area contributed by atoms with Gasteiger partial charge in [-0.3, -0.25) is 9.36 Å². The molecule has 6 heteroatoms. The number of amides is 1. The maximum Gasteiger partial charge on any atom is 0.233 e. The molecule has 3 rings (SSSR count). The number of carbonyl (C=O) groups excluding carboxylic acids is 1. The second-order valence-corrected chi connectivity index (χ2v) is 7.23. The largest absolute Gasteiger partial charge is 0.352 e. The van der Waals surface area contributed by atoms with Crippen molar-refractivity contribution >= 4 is 17.7 Å². The Morgan fingerprint density at radius 3 is 2.74 bits per heavy atom. The van der Waals surface area contributed by atoms with E-state index in [1.165, 1.54) is 31.0 Å². The van der Waals surface area contributed by atoms with Crippen molar-refractivity contribution in [3.05, 3.63) is 36.7 Å². The molecule has 1 unspecified atom stereocenters. The average Bonchev–Trinajstić information content (AvgIpc) is 3.04. The van der Waals surface area contributed by atoms with E-state index in [4.69, 9.17) is 0 Å². The fourth-order valence-electron chi connectivity index (χ4n) is 2.85. The van der Waals surface area contributed by atoms with E-state index in [2.05, 4.69) is 15.5 Å². The molecule has 23 heavy (non-hydrogen) atoms. The molecule has 1 aliphatic rings. The zero-order chi connectivity index (χ0) is 16.1. The third-order valence-corrected chi connectivity index (χ3v) is 5.21. The molecule has 1 aliphatic carbocycles. The van der Waals surface area contributed by atoms with E-state index < -0.39 is 0 Å². The Bertz CT molecular complexity index is 637. The van der Waals surface area contributed by atoms with Crippen LogP contribution in [0, 0.1) is 0 Å². The molecule has 1 N–H and O–H groups in total. The minimum atomic E-state index is -0.191. The van der Waals surface area contributed by atoms with Crippen LogP contribution in [0.25, 0.3) is 5.69 Å². The molecule has 2 aromatic rings. The van der Waals surface area contributed by atoms with Gasteiger partial charge in [0, 0.05) is 11.7 Å². The smallest absolute Gasteiger partial charge is 0.233 e. The van der Waals surface area contributed by atoms with Crippen LogP contribution in [0.1, 0.15) is 39.0 Å². The van der Waals surface area contributed by atoms with Crippen molar-refractivity contribution in [2.75, 3.05) is 0 Å². The number of aromatic nitrogens is 3. The molecule has 1 aromatic heterocycles. The predicted molar refractivity (Wildman–Crippen MR) is 91.7 cm³/mol. The minimum Gasteiger partial charge on any atom is -0.352 e. The van der Waals surface area contributed by atoms with Gasteiger partial charge in [0.25, 0.3) is 0 Å². The van der Waals surface area contributed by atoms with Gasteiger partial charge in [-0.2, -0.15) is 0 Å². The number of hydrogen-bond acceptors (Lipinski definition) is 4. The summed E-state index contributed by atoms with van der Waals surface area (Å²) in [5, 5.41) is 11.9. The highest BCUT2D eigenvalue weighted by atomic mass is 32.2. The first-order valence-corrected chi connectivity index (χ1v) is 9.04. The van der Waals surface area contributed by atoms with E-state index in [9.17, 15) is 4.79 Å². The molecule has 1 saturated carbocycles. The Kier molecular flexibility index (Phi) is 5.33. The second-order valence-electron chi connectivity index (χ2n) is 5.92. The Morgan fingerprint density at radius 2 is 2.00 bits per heavy atom. The molecule has 0 bridgehead atoms. The molecular formula is C17H22N4OS. The molecule has 1 heterocycles. The lowest BCUT2D eigenvalue weighted by molar-refractivity contribution is -0.121. The van der Waals surface area contributed by atoms with Gasteiger partial charge in [-0.05, 0) is 31.9 Å². The second kappa shape index (κ2) is 7.64. The van der Waals surface area contributed by atoms with Crippen LogP contribution < -0.4 is 5.32 Å². The van der Waals surface area contributed by atoms with Crippen LogP contribution in [0.5, 0.6) is 0 Å². The SMILES string of the molecule is CC(Sc1nncn1-c1ccccc1)C(=O)NC1CCCCC1. The highest BCUT2D eigenvalue weighted by Gasteiger charge is 2.22. The summed E-state index contributed by atoms with van der Waals surface area (Å²) in [6.45, 7) is 1.92. The summed E-state index contributed by atoms with van der Waals surface area (Å²) < 4.78 is 1.91. The Morgan fingerprint density at radius 1 is 1.26 bits per heavy atom. The highest BCUT2D eigenvalue weighted by molar-refractivity contribution is 8.00. The van der Waals surface area contributed by atoms with E-state index in [1.807, 2.05) is 41.8 Å². The number of thioether (sulfide) groups is 1. The van der Waals surface area contributed by atoms with Crippen LogP contribution in [-0.2, 0) is 4.79 Å². The molecular weight excluding hydrogens is 308 g/mol. The van der Waals surface area contributed by atoms with Crippen LogP contribution in [0.4, 0.5) is 0 Å². The molecule has 1 atom stereocenters. The predicted octanol–water partition coefficient (Wildman–Crippen LogP) is 3.20. The van der Waals surface area contributed by atoms with Gasteiger partial charge in [-0.15, -0.1) is 10.2 Å². The number of benzene rings is 1. The number of rotatable bonds is 5. The standard InChI is InChI=1S/C17H22N4OS/c1-13(16(22)19-14-8-4-2-5-9-14)23-17-20-18-12-21(17)15-10-6-3-7-11-15/h3,6-7,10-14H,2,4-5,8-9H2,1H3,(H,19,22). The first kappa shape index (κ1) is 16.1. The van der Waals surface area contributed by atoms with Gasteiger partial charge in [-0.25, -0.2) is 0 Å². The lowest BCUT2D eigenvalue weighted by Gasteiger charge is -2.24. The molecule has 0 radical (unpaired) electrons. The van der Waals surface area contributed by atoms with Crippen molar-refractivity contribution in [1.82, 2.24) is 20.1 Å². The maximum absolute atomic E-state index is 12.4. The zero-order valence-corrected chi connectivity index (χ0v) is 14.1. The molecule has 0 spiro atoms. The summed E-state index contributed by atoms with van der Waals surface area (Å²) >= 11 is 1.45. The average molecular weight is 330 g/mol. The van der Waals surface area contributed by atoms with Crippen LogP contribution in [0.2, 0.25) is 0 Å². The normalized spacial score (nSPS) is 16.9. The van der Waals surface area contributed by atoms with Crippen molar-refractivity contribution in [3.8, 4) is 5.69 Å². The fourth-order valence-corrected chi connectivity index (χ4v) is 3.70. The third-order valence-electron chi connectivity index (χ3n) is 4.15. The number of para-hydroxylation sites is 1. The lowest BCUT2D eigenvalue weighted by Crippen LogP contribution is -2.40. The van der Waals surface area contributed by atoms with Gasteiger partial charge in [0.2, 0.25) is 5.91 Å². The summed E-state index contributed by atoms with van der Waals surface area (Å²) in [4.78, 5) is 12.4.